The molecule has 10 aromatic rings. The van der Waals surface area contributed by atoms with Gasteiger partial charge in [-0.25, -0.2) is 9.97 Å². The molecule has 0 radical (unpaired) electrons. The number of nitrogens with zero attached hydrogens (tertiary/aromatic N) is 2. The van der Waals surface area contributed by atoms with Gasteiger partial charge in [0.15, 0.2) is 5.82 Å². The van der Waals surface area contributed by atoms with Gasteiger partial charge < -0.3 is 4.42 Å². The van der Waals surface area contributed by atoms with E-state index in [1.54, 1.807) is 0 Å². The molecule has 248 valence electrons. The lowest BCUT2D eigenvalue weighted by Gasteiger charge is -2.19. The molecule has 0 fully saturated rings. The lowest BCUT2D eigenvalue weighted by Crippen LogP contribution is -1.99. The van der Waals surface area contributed by atoms with Crippen molar-refractivity contribution in [3.8, 4) is 67.3 Å². The zero-order valence-corrected chi connectivity index (χ0v) is 28.8. The van der Waals surface area contributed by atoms with E-state index in [0.717, 1.165) is 83.4 Å². The van der Waals surface area contributed by atoms with Crippen molar-refractivity contribution in [2.45, 2.75) is 0 Å². The Hall–Kier alpha value is -7.10. The molecule has 3 heteroatoms. The maximum atomic E-state index is 6.45. The Morgan fingerprint density at radius 1 is 0.340 bits per heavy atom. The molecule has 0 amide bonds. The first-order valence-electron chi connectivity index (χ1n) is 17.9. The molecular weight excluding hydrogens is 645 g/mol. The summed E-state index contributed by atoms with van der Waals surface area (Å²) in [6, 6.07) is 68.1. The maximum absolute atomic E-state index is 6.45. The number of benzene rings is 8. The smallest absolute Gasteiger partial charge is 0.160 e. The first-order chi connectivity index (χ1) is 26.3. The van der Waals surface area contributed by atoms with E-state index in [9.17, 15) is 0 Å². The van der Waals surface area contributed by atoms with E-state index in [4.69, 9.17) is 14.4 Å². The zero-order valence-electron chi connectivity index (χ0n) is 28.8. The zero-order chi connectivity index (χ0) is 35.1. The summed E-state index contributed by atoms with van der Waals surface area (Å²) >= 11 is 0. The fourth-order valence-electron chi connectivity index (χ4n) is 7.56. The average Bonchev–Trinajstić information content (AvgIpc) is 3.63. The van der Waals surface area contributed by atoms with Crippen LogP contribution in [0.1, 0.15) is 0 Å². The van der Waals surface area contributed by atoms with Gasteiger partial charge in [-0.05, 0) is 80.6 Å². The van der Waals surface area contributed by atoms with Crippen molar-refractivity contribution >= 4 is 32.7 Å². The third-order valence-electron chi connectivity index (χ3n) is 10.1. The van der Waals surface area contributed by atoms with Crippen LogP contribution in [0.15, 0.2) is 199 Å². The minimum Gasteiger partial charge on any atom is -0.456 e. The van der Waals surface area contributed by atoms with E-state index in [1.165, 1.54) is 10.8 Å². The summed E-state index contributed by atoms with van der Waals surface area (Å²) in [6.07, 6.45) is 0. The number of fused-ring (bicyclic) bond motifs is 5. The number of rotatable bonds is 6. The molecule has 2 heterocycles. The largest absolute Gasteiger partial charge is 0.456 e. The summed E-state index contributed by atoms with van der Waals surface area (Å²) in [4.78, 5) is 10.5. The van der Waals surface area contributed by atoms with Gasteiger partial charge >= 0.3 is 0 Å². The van der Waals surface area contributed by atoms with Crippen LogP contribution in [0.3, 0.4) is 0 Å². The van der Waals surface area contributed by atoms with Gasteiger partial charge in [0.1, 0.15) is 11.2 Å². The van der Waals surface area contributed by atoms with Crippen molar-refractivity contribution in [3.63, 3.8) is 0 Å². The predicted octanol–water partition coefficient (Wildman–Crippen LogP) is 13.5. The highest BCUT2D eigenvalue weighted by Gasteiger charge is 2.21. The summed E-state index contributed by atoms with van der Waals surface area (Å²) < 4.78 is 6.45. The quantitative estimate of drug-likeness (QED) is 0.176. The van der Waals surface area contributed by atoms with Crippen LogP contribution in [-0.4, -0.2) is 9.97 Å². The summed E-state index contributed by atoms with van der Waals surface area (Å²) in [5, 5.41) is 4.61. The Balaban J connectivity index is 1.30. The van der Waals surface area contributed by atoms with Crippen LogP contribution in [0.5, 0.6) is 0 Å². The lowest BCUT2D eigenvalue weighted by atomic mass is 9.85. The summed E-state index contributed by atoms with van der Waals surface area (Å²) in [6.45, 7) is 0. The van der Waals surface area contributed by atoms with Crippen molar-refractivity contribution in [2.75, 3.05) is 0 Å². The van der Waals surface area contributed by atoms with Crippen LogP contribution >= 0.6 is 0 Å². The fraction of sp³-hybridized carbons (Fsp3) is 0. The predicted molar refractivity (Wildman–Crippen MR) is 219 cm³/mol. The highest BCUT2D eigenvalue weighted by molar-refractivity contribution is 6.19. The van der Waals surface area contributed by atoms with Crippen LogP contribution in [0.25, 0.3) is 100.0 Å². The molecule has 0 bridgehead atoms. The van der Waals surface area contributed by atoms with Gasteiger partial charge in [-0.1, -0.05) is 158 Å². The summed E-state index contributed by atoms with van der Waals surface area (Å²) in [5.41, 5.74) is 13.2. The number of hydrogen-bond donors (Lipinski definition) is 0. The molecule has 2 aromatic heterocycles. The van der Waals surface area contributed by atoms with Gasteiger partial charge in [0, 0.05) is 27.5 Å². The van der Waals surface area contributed by atoms with Crippen LogP contribution in [-0.2, 0) is 0 Å². The van der Waals surface area contributed by atoms with Crippen LogP contribution in [0.2, 0.25) is 0 Å². The van der Waals surface area contributed by atoms with Gasteiger partial charge in [-0.15, -0.1) is 0 Å². The third-order valence-corrected chi connectivity index (χ3v) is 10.1. The molecule has 0 aliphatic carbocycles. The first-order valence-corrected chi connectivity index (χ1v) is 17.9. The minimum atomic E-state index is 0.686. The minimum absolute atomic E-state index is 0.686. The van der Waals surface area contributed by atoms with Crippen molar-refractivity contribution in [1.82, 2.24) is 9.97 Å². The monoisotopic (exact) mass is 676 g/mol. The highest BCUT2D eigenvalue weighted by atomic mass is 16.3. The molecule has 0 spiro atoms. The molecular formula is C50H32N2O. The second-order valence-electron chi connectivity index (χ2n) is 13.3. The van der Waals surface area contributed by atoms with Gasteiger partial charge in [0.25, 0.3) is 0 Å². The topological polar surface area (TPSA) is 38.9 Å². The molecule has 0 saturated carbocycles. The Morgan fingerprint density at radius 3 is 1.66 bits per heavy atom. The Labute approximate surface area is 307 Å². The molecule has 0 N–H and O–H groups in total. The van der Waals surface area contributed by atoms with Gasteiger partial charge in [-0.2, -0.15) is 0 Å². The van der Waals surface area contributed by atoms with E-state index >= 15 is 0 Å². The van der Waals surface area contributed by atoms with Crippen molar-refractivity contribution < 1.29 is 4.42 Å². The van der Waals surface area contributed by atoms with Crippen LogP contribution in [0, 0.1) is 0 Å². The van der Waals surface area contributed by atoms with Gasteiger partial charge in [0.2, 0.25) is 0 Å². The second kappa shape index (κ2) is 12.9. The molecule has 0 aliphatic heterocycles. The molecule has 3 nitrogen and oxygen atoms in total. The third kappa shape index (κ3) is 5.56. The van der Waals surface area contributed by atoms with E-state index in [-0.39, 0.29) is 0 Å². The number of furan rings is 1. The lowest BCUT2D eigenvalue weighted by molar-refractivity contribution is 0.669. The SMILES string of the molecule is c1ccc(-c2cc(-c3ccc4oc5ccc6ccccc6c5c4c3)c(-c3ccccc3)c(-c3cc(-c4ccccc4)nc(-c4ccccc4)n3)c2)cc1. The summed E-state index contributed by atoms with van der Waals surface area (Å²) in [5.74, 6) is 0.686. The normalized spacial score (nSPS) is 11.4. The van der Waals surface area contributed by atoms with Crippen LogP contribution in [0.4, 0.5) is 0 Å². The molecule has 10 rings (SSSR count). The van der Waals surface area contributed by atoms with E-state index in [1.807, 2.05) is 24.3 Å². The maximum Gasteiger partial charge on any atom is 0.160 e. The van der Waals surface area contributed by atoms with Crippen molar-refractivity contribution in [3.05, 3.63) is 194 Å². The van der Waals surface area contributed by atoms with Crippen molar-refractivity contribution in [1.29, 1.82) is 0 Å². The number of hydrogen-bond acceptors (Lipinski definition) is 3. The molecule has 0 saturated heterocycles. The van der Waals surface area contributed by atoms with Crippen molar-refractivity contribution in [2.24, 2.45) is 0 Å². The standard InChI is InChI=1S/C50H32N2O/c1-5-15-33(16-6-1)39-30-41(38-26-27-46-43(29-38)49-40-24-14-13-17-34(40)25-28-47(49)53-46)48(36-20-9-3-10-21-36)42(31-39)45-32-44(35-18-7-2-8-19-35)51-50(52-45)37-22-11-4-12-23-37/h1-32H. The Bertz CT molecular complexity index is 2860. The number of aromatic nitrogens is 2. The van der Waals surface area contributed by atoms with E-state index in [2.05, 4.69) is 170 Å². The summed E-state index contributed by atoms with van der Waals surface area (Å²) in [7, 11) is 0. The van der Waals surface area contributed by atoms with Crippen LogP contribution < -0.4 is 0 Å². The Kier molecular flexibility index (Phi) is 7.47. The molecule has 0 aliphatic rings. The fourth-order valence-corrected chi connectivity index (χ4v) is 7.56. The molecule has 0 atom stereocenters. The second-order valence-corrected chi connectivity index (χ2v) is 13.3. The van der Waals surface area contributed by atoms with Gasteiger partial charge in [0.05, 0.1) is 11.4 Å². The van der Waals surface area contributed by atoms with E-state index < -0.39 is 0 Å². The van der Waals surface area contributed by atoms with E-state index in [0.29, 0.717) is 5.82 Å². The molecule has 53 heavy (non-hydrogen) atoms. The van der Waals surface area contributed by atoms with Gasteiger partial charge in [-0.3, -0.25) is 0 Å². The highest BCUT2D eigenvalue weighted by Crippen LogP contribution is 2.45. The average molecular weight is 677 g/mol. The molecule has 0 unspecified atom stereocenters. The Morgan fingerprint density at radius 2 is 0.925 bits per heavy atom. The molecule has 8 aromatic carbocycles. The first kappa shape index (κ1) is 30.7.